The second-order valence-corrected chi connectivity index (χ2v) is 6.71. The molecule has 0 saturated carbocycles. The number of carbonyl (C=O) groups excluding carboxylic acids is 2. The molecule has 7 heteroatoms. The van der Waals surface area contributed by atoms with Crippen LogP contribution in [0.2, 0.25) is 0 Å². The number of amides is 2. The van der Waals surface area contributed by atoms with Crippen LogP contribution in [0.3, 0.4) is 0 Å². The second-order valence-electron chi connectivity index (χ2n) is 5.80. The summed E-state index contributed by atoms with van der Waals surface area (Å²) in [6.45, 7) is 3.38. The highest BCUT2D eigenvalue weighted by Crippen LogP contribution is 2.21. The highest BCUT2D eigenvalue weighted by atomic mass is 79.9. The van der Waals surface area contributed by atoms with Gasteiger partial charge in [-0.15, -0.1) is 12.4 Å². The molecule has 0 spiro atoms. The number of benzene rings is 1. The molecule has 0 radical (unpaired) electrons. The van der Waals surface area contributed by atoms with Crippen molar-refractivity contribution in [3.63, 3.8) is 0 Å². The normalized spacial score (nSPS) is 20.6. The van der Waals surface area contributed by atoms with Crippen molar-refractivity contribution in [1.82, 2.24) is 10.2 Å². The molecule has 5 nitrogen and oxygen atoms in total. The molecule has 0 aliphatic carbocycles. The summed E-state index contributed by atoms with van der Waals surface area (Å²) < 4.78 is 0.833. The number of nitrogens with two attached hydrogens (primary N) is 1. The van der Waals surface area contributed by atoms with Gasteiger partial charge in [-0.3, -0.25) is 9.59 Å². The Hall–Kier alpha value is -1.11. The fourth-order valence-corrected chi connectivity index (χ4v) is 3.19. The van der Waals surface area contributed by atoms with Crippen LogP contribution < -0.4 is 11.1 Å². The van der Waals surface area contributed by atoms with E-state index in [1.807, 2.05) is 6.07 Å². The van der Waals surface area contributed by atoms with E-state index < -0.39 is 0 Å². The fourth-order valence-electron chi connectivity index (χ4n) is 2.79. The molecule has 2 unspecified atom stereocenters. The number of carbonyl (C=O) groups is 2. The van der Waals surface area contributed by atoms with Crippen molar-refractivity contribution in [2.75, 3.05) is 19.6 Å². The summed E-state index contributed by atoms with van der Waals surface area (Å²) in [4.78, 5) is 26.2. The molecule has 128 valence electrons. The van der Waals surface area contributed by atoms with Crippen molar-refractivity contribution in [3.8, 4) is 0 Å². The topological polar surface area (TPSA) is 75.4 Å². The Morgan fingerprint density at radius 1 is 1.43 bits per heavy atom. The lowest BCUT2D eigenvalue weighted by Crippen LogP contribution is -2.52. The van der Waals surface area contributed by atoms with Gasteiger partial charge in [-0.05, 0) is 37.0 Å². The Labute approximate surface area is 151 Å². The van der Waals surface area contributed by atoms with E-state index in [2.05, 4.69) is 28.2 Å². The Kier molecular flexibility index (Phi) is 8.02. The average molecular weight is 405 g/mol. The average Bonchev–Trinajstić information content (AvgIpc) is 2.52. The number of nitrogens with one attached hydrogen (secondary N) is 1. The predicted octanol–water partition coefficient (Wildman–Crippen LogP) is 2.19. The van der Waals surface area contributed by atoms with Gasteiger partial charge in [0.1, 0.15) is 0 Å². The fraction of sp³-hybridized carbons (Fsp3) is 0.500. The highest BCUT2D eigenvalue weighted by molar-refractivity contribution is 9.10. The molecule has 2 atom stereocenters. The summed E-state index contributed by atoms with van der Waals surface area (Å²) in [6, 6.07) is 7.17. The van der Waals surface area contributed by atoms with Crippen LogP contribution in [0, 0.1) is 5.92 Å². The summed E-state index contributed by atoms with van der Waals surface area (Å²) in [5.74, 6) is 0.281. The van der Waals surface area contributed by atoms with E-state index in [1.165, 1.54) is 0 Å². The smallest absolute Gasteiger partial charge is 0.251 e. The predicted molar refractivity (Wildman–Crippen MR) is 96.7 cm³/mol. The summed E-state index contributed by atoms with van der Waals surface area (Å²) in [5, 5.41) is 2.69. The molecule has 3 N–H and O–H groups in total. The van der Waals surface area contributed by atoms with Crippen molar-refractivity contribution in [3.05, 3.63) is 34.3 Å². The van der Waals surface area contributed by atoms with Gasteiger partial charge in [-0.25, -0.2) is 0 Å². The molecule has 23 heavy (non-hydrogen) atoms. The van der Waals surface area contributed by atoms with Crippen molar-refractivity contribution in [1.29, 1.82) is 0 Å². The second kappa shape index (κ2) is 9.25. The molecule has 2 amide bonds. The van der Waals surface area contributed by atoms with Gasteiger partial charge in [-0.1, -0.05) is 28.9 Å². The highest BCUT2D eigenvalue weighted by Gasteiger charge is 2.28. The van der Waals surface area contributed by atoms with Gasteiger partial charge in [0.2, 0.25) is 5.91 Å². The maximum Gasteiger partial charge on any atom is 0.251 e. The molecule has 2 rings (SSSR count). The standard InChI is InChI=1S/C16H22BrN3O2.ClH/c1-11-5-6-20(14(7-11)9-18)15(21)10-19-16(22)12-3-2-4-13(17)8-12;/h2-4,8,11,14H,5-7,9-10,18H2,1H3,(H,19,22);1H. The summed E-state index contributed by atoms with van der Waals surface area (Å²) in [6.07, 6.45) is 1.92. The molecule has 1 saturated heterocycles. The Morgan fingerprint density at radius 2 is 2.17 bits per heavy atom. The summed E-state index contributed by atoms with van der Waals surface area (Å²) >= 11 is 3.33. The summed E-state index contributed by atoms with van der Waals surface area (Å²) in [7, 11) is 0. The Morgan fingerprint density at radius 3 is 2.83 bits per heavy atom. The van der Waals surface area contributed by atoms with Crippen molar-refractivity contribution >= 4 is 40.2 Å². The van der Waals surface area contributed by atoms with Crippen LogP contribution in [-0.4, -0.2) is 42.4 Å². The third-order valence-corrected chi connectivity index (χ3v) is 4.55. The monoisotopic (exact) mass is 403 g/mol. The zero-order chi connectivity index (χ0) is 16.1. The van der Waals surface area contributed by atoms with Gasteiger partial charge < -0.3 is 16.0 Å². The number of rotatable bonds is 4. The Bertz CT molecular complexity index is 556. The van der Waals surface area contributed by atoms with Crippen LogP contribution in [0.25, 0.3) is 0 Å². The van der Waals surface area contributed by atoms with Gasteiger partial charge >= 0.3 is 0 Å². The largest absolute Gasteiger partial charge is 0.343 e. The molecule has 1 aromatic rings. The maximum absolute atomic E-state index is 12.3. The lowest BCUT2D eigenvalue weighted by atomic mass is 9.92. The van der Waals surface area contributed by atoms with Gasteiger partial charge in [0.15, 0.2) is 0 Å². The number of hydrogen-bond acceptors (Lipinski definition) is 3. The lowest BCUT2D eigenvalue weighted by molar-refractivity contribution is -0.134. The van der Waals surface area contributed by atoms with E-state index in [0.717, 1.165) is 17.3 Å². The van der Waals surface area contributed by atoms with E-state index in [-0.39, 0.29) is 36.8 Å². The first kappa shape index (κ1) is 19.9. The first-order valence-corrected chi connectivity index (χ1v) is 8.34. The quantitative estimate of drug-likeness (QED) is 0.807. The first-order chi connectivity index (χ1) is 10.5. The van der Waals surface area contributed by atoms with Crippen LogP contribution in [0.1, 0.15) is 30.1 Å². The number of likely N-dealkylation sites (tertiary alicyclic amines) is 1. The SMILES string of the molecule is CC1CCN(C(=O)CNC(=O)c2cccc(Br)c2)C(CN)C1.Cl. The van der Waals surface area contributed by atoms with Crippen LogP contribution >= 0.6 is 28.3 Å². The molecule has 0 aromatic heterocycles. The lowest BCUT2D eigenvalue weighted by Gasteiger charge is -2.38. The molecule has 1 aliphatic rings. The van der Waals surface area contributed by atoms with E-state index in [1.54, 1.807) is 23.1 Å². The van der Waals surface area contributed by atoms with E-state index >= 15 is 0 Å². The number of nitrogens with zero attached hydrogens (tertiary/aromatic N) is 1. The van der Waals surface area contributed by atoms with Crippen molar-refractivity contribution in [2.24, 2.45) is 11.7 Å². The van der Waals surface area contributed by atoms with E-state index in [9.17, 15) is 9.59 Å². The van der Waals surface area contributed by atoms with Gasteiger partial charge in [-0.2, -0.15) is 0 Å². The van der Waals surface area contributed by atoms with Gasteiger partial charge in [0, 0.05) is 29.2 Å². The molecule has 1 aliphatic heterocycles. The molecule has 1 aromatic carbocycles. The molecular formula is C16H23BrClN3O2. The third-order valence-electron chi connectivity index (χ3n) is 4.06. The van der Waals surface area contributed by atoms with Crippen LogP contribution in [0.15, 0.2) is 28.7 Å². The van der Waals surface area contributed by atoms with Gasteiger partial charge in [0.25, 0.3) is 5.91 Å². The van der Waals surface area contributed by atoms with Crippen LogP contribution in [0.4, 0.5) is 0 Å². The first-order valence-electron chi connectivity index (χ1n) is 7.54. The molecular weight excluding hydrogens is 382 g/mol. The minimum atomic E-state index is -0.246. The molecule has 1 heterocycles. The number of piperidine rings is 1. The minimum absolute atomic E-state index is 0. The molecule has 1 fully saturated rings. The van der Waals surface area contributed by atoms with Crippen molar-refractivity contribution < 1.29 is 9.59 Å². The van der Waals surface area contributed by atoms with E-state index in [4.69, 9.17) is 5.73 Å². The van der Waals surface area contributed by atoms with Gasteiger partial charge in [0.05, 0.1) is 6.54 Å². The molecule has 0 bridgehead atoms. The number of halogens is 2. The third kappa shape index (κ3) is 5.48. The maximum atomic E-state index is 12.3. The van der Waals surface area contributed by atoms with Crippen LogP contribution in [-0.2, 0) is 4.79 Å². The Balaban J connectivity index is 0.00000264. The summed E-state index contributed by atoms with van der Waals surface area (Å²) in [5.41, 5.74) is 6.30. The minimum Gasteiger partial charge on any atom is -0.343 e. The van der Waals surface area contributed by atoms with Crippen LogP contribution in [0.5, 0.6) is 0 Å². The van der Waals surface area contributed by atoms with Crippen molar-refractivity contribution in [2.45, 2.75) is 25.8 Å². The van der Waals surface area contributed by atoms with E-state index in [0.29, 0.717) is 24.6 Å². The zero-order valence-corrected chi connectivity index (χ0v) is 15.5. The number of hydrogen-bond donors (Lipinski definition) is 2. The zero-order valence-electron chi connectivity index (χ0n) is 13.1.